The number of nitrogens with zero attached hydrogens (tertiary/aromatic N) is 1. The standard InChI is InChI=1S/C13H28N2O2S/c1-4-12(5-2)11-15(6-3)18(16,17)13-7-9-14-10-8-13/h12-14H,4-11H2,1-3H3. The summed E-state index contributed by atoms with van der Waals surface area (Å²) in [4.78, 5) is 0. The van der Waals surface area contributed by atoms with Gasteiger partial charge in [0.1, 0.15) is 0 Å². The molecule has 0 bridgehead atoms. The minimum Gasteiger partial charge on any atom is -0.317 e. The van der Waals surface area contributed by atoms with E-state index in [1.807, 2.05) is 6.92 Å². The smallest absolute Gasteiger partial charge is 0.217 e. The second-order valence-electron chi connectivity index (χ2n) is 5.13. The first-order valence-corrected chi connectivity index (χ1v) is 8.76. The summed E-state index contributed by atoms with van der Waals surface area (Å²) in [5.41, 5.74) is 0. The van der Waals surface area contributed by atoms with Crippen molar-refractivity contribution in [3.63, 3.8) is 0 Å². The number of sulfonamides is 1. The van der Waals surface area contributed by atoms with Crippen molar-refractivity contribution in [3.8, 4) is 0 Å². The summed E-state index contributed by atoms with van der Waals surface area (Å²) in [7, 11) is -3.10. The van der Waals surface area contributed by atoms with Crippen LogP contribution in [0.25, 0.3) is 0 Å². The van der Waals surface area contributed by atoms with Gasteiger partial charge in [0.15, 0.2) is 0 Å². The third kappa shape index (κ3) is 3.93. The van der Waals surface area contributed by atoms with Gasteiger partial charge in [-0.15, -0.1) is 0 Å². The van der Waals surface area contributed by atoms with E-state index in [0.717, 1.165) is 38.8 Å². The van der Waals surface area contributed by atoms with Crippen LogP contribution in [0.3, 0.4) is 0 Å². The lowest BCUT2D eigenvalue weighted by atomic mass is 10.0. The minimum atomic E-state index is -3.10. The van der Waals surface area contributed by atoms with E-state index in [1.54, 1.807) is 4.31 Å². The van der Waals surface area contributed by atoms with Crippen molar-refractivity contribution in [2.75, 3.05) is 26.2 Å². The van der Waals surface area contributed by atoms with Crippen LogP contribution < -0.4 is 5.32 Å². The molecule has 1 aliphatic rings. The summed E-state index contributed by atoms with van der Waals surface area (Å²) >= 11 is 0. The summed E-state index contributed by atoms with van der Waals surface area (Å²) < 4.78 is 26.9. The van der Waals surface area contributed by atoms with Crippen molar-refractivity contribution in [2.45, 2.75) is 51.7 Å². The maximum Gasteiger partial charge on any atom is 0.217 e. The van der Waals surface area contributed by atoms with E-state index in [0.29, 0.717) is 19.0 Å². The van der Waals surface area contributed by atoms with Crippen LogP contribution in [0.15, 0.2) is 0 Å². The van der Waals surface area contributed by atoms with E-state index in [9.17, 15) is 8.42 Å². The SMILES string of the molecule is CCC(CC)CN(CC)S(=O)(=O)C1CCNCC1. The van der Waals surface area contributed by atoms with Crippen LogP contribution >= 0.6 is 0 Å². The zero-order valence-electron chi connectivity index (χ0n) is 12.0. The number of rotatable bonds is 7. The predicted octanol–water partition coefficient (Wildman–Crippen LogP) is 1.83. The average Bonchev–Trinajstić information content (AvgIpc) is 2.41. The fraction of sp³-hybridized carbons (Fsp3) is 1.00. The summed E-state index contributed by atoms with van der Waals surface area (Å²) in [5.74, 6) is 0.487. The quantitative estimate of drug-likeness (QED) is 0.772. The molecule has 0 aromatic rings. The molecule has 0 atom stereocenters. The van der Waals surface area contributed by atoms with Crippen molar-refractivity contribution in [2.24, 2.45) is 5.92 Å². The monoisotopic (exact) mass is 276 g/mol. The van der Waals surface area contributed by atoms with Gasteiger partial charge in [0, 0.05) is 13.1 Å². The highest BCUT2D eigenvalue weighted by Gasteiger charge is 2.32. The first kappa shape index (κ1) is 15.9. The molecule has 0 spiro atoms. The average molecular weight is 276 g/mol. The largest absolute Gasteiger partial charge is 0.317 e. The van der Waals surface area contributed by atoms with Crippen molar-refractivity contribution >= 4 is 10.0 Å². The molecular weight excluding hydrogens is 248 g/mol. The Balaban J connectivity index is 2.72. The van der Waals surface area contributed by atoms with Crippen molar-refractivity contribution < 1.29 is 8.42 Å². The van der Waals surface area contributed by atoms with Gasteiger partial charge in [-0.05, 0) is 31.8 Å². The first-order chi connectivity index (χ1) is 8.56. The third-order valence-electron chi connectivity index (χ3n) is 4.04. The molecule has 0 saturated carbocycles. The second-order valence-corrected chi connectivity index (χ2v) is 7.34. The Kier molecular flexibility index (Phi) is 6.60. The first-order valence-electron chi connectivity index (χ1n) is 7.25. The highest BCUT2D eigenvalue weighted by molar-refractivity contribution is 7.89. The van der Waals surface area contributed by atoms with E-state index in [2.05, 4.69) is 19.2 Å². The zero-order valence-corrected chi connectivity index (χ0v) is 12.8. The third-order valence-corrected chi connectivity index (χ3v) is 6.48. The molecule has 1 aliphatic heterocycles. The molecule has 1 heterocycles. The predicted molar refractivity (Wildman–Crippen MR) is 76.1 cm³/mol. The van der Waals surface area contributed by atoms with Crippen LogP contribution in [0.5, 0.6) is 0 Å². The Morgan fingerprint density at radius 2 is 1.72 bits per heavy atom. The van der Waals surface area contributed by atoms with Gasteiger partial charge in [-0.3, -0.25) is 0 Å². The maximum absolute atomic E-state index is 12.6. The molecular formula is C13H28N2O2S. The second kappa shape index (κ2) is 7.46. The summed E-state index contributed by atoms with van der Waals surface area (Å²) in [6, 6.07) is 0. The van der Waals surface area contributed by atoms with E-state index < -0.39 is 10.0 Å². The highest BCUT2D eigenvalue weighted by atomic mass is 32.2. The molecule has 1 saturated heterocycles. The lowest BCUT2D eigenvalue weighted by Gasteiger charge is -2.31. The van der Waals surface area contributed by atoms with Gasteiger partial charge in [-0.1, -0.05) is 33.6 Å². The number of hydrogen-bond donors (Lipinski definition) is 1. The van der Waals surface area contributed by atoms with E-state index in [4.69, 9.17) is 0 Å². The number of piperidine rings is 1. The van der Waals surface area contributed by atoms with Gasteiger partial charge in [-0.25, -0.2) is 12.7 Å². The van der Waals surface area contributed by atoms with Gasteiger partial charge in [0.25, 0.3) is 0 Å². The molecule has 0 aromatic heterocycles. The molecule has 5 heteroatoms. The highest BCUT2D eigenvalue weighted by Crippen LogP contribution is 2.20. The Hall–Kier alpha value is -0.130. The van der Waals surface area contributed by atoms with Crippen LogP contribution in [-0.4, -0.2) is 44.2 Å². The van der Waals surface area contributed by atoms with Crippen LogP contribution in [0.1, 0.15) is 46.5 Å². The lowest BCUT2D eigenvalue weighted by molar-refractivity contribution is 0.331. The fourth-order valence-corrected chi connectivity index (χ4v) is 4.58. The molecule has 0 radical (unpaired) electrons. The van der Waals surface area contributed by atoms with E-state index >= 15 is 0 Å². The normalized spacial score (nSPS) is 18.7. The topological polar surface area (TPSA) is 49.4 Å². The molecule has 1 fully saturated rings. The van der Waals surface area contributed by atoms with Gasteiger partial charge in [0.05, 0.1) is 5.25 Å². The summed E-state index contributed by atoms with van der Waals surface area (Å²) in [6.45, 7) is 9.16. The van der Waals surface area contributed by atoms with Crippen LogP contribution in [-0.2, 0) is 10.0 Å². The fourth-order valence-electron chi connectivity index (χ4n) is 2.55. The van der Waals surface area contributed by atoms with Crippen molar-refractivity contribution in [3.05, 3.63) is 0 Å². The Labute approximate surface area is 112 Å². The lowest BCUT2D eigenvalue weighted by Crippen LogP contribution is -2.45. The van der Waals surface area contributed by atoms with Crippen molar-refractivity contribution in [1.29, 1.82) is 0 Å². The van der Waals surface area contributed by atoms with Gasteiger partial charge >= 0.3 is 0 Å². The molecule has 1 N–H and O–H groups in total. The number of hydrogen-bond acceptors (Lipinski definition) is 3. The minimum absolute atomic E-state index is 0.173. The summed E-state index contributed by atoms with van der Waals surface area (Å²) in [6.07, 6.45) is 3.60. The molecule has 0 aliphatic carbocycles. The summed E-state index contributed by atoms with van der Waals surface area (Å²) in [5, 5.41) is 3.05. The molecule has 0 unspecified atom stereocenters. The molecule has 4 nitrogen and oxygen atoms in total. The molecule has 108 valence electrons. The number of nitrogens with one attached hydrogen (secondary N) is 1. The van der Waals surface area contributed by atoms with Gasteiger partial charge in [-0.2, -0.15) is 0 Å². The van der Waals surface area contributed by atoms with Crippen LogP contribution in [0.4, 0.5) is 0 Å². The van der Waals surface area contributed by atoms with Gasteiger partial charge in [0.2, 0.25) is 10.0 Å². The molecule has 18 heavy (non-hydrogen) atoms. The van der Waals surface area contributed by atoms with Gasteiger partial charge < -0.3 is 5.32 Å². The van der Waals surface area contributed by atoms with Crippen LogP contribution in [0.2, 0.25) is 0 Å². The Morgan fingerprint density at radius 1 is 1.17 bits per heavy atom. The Morgan fingerprint density at radius 3 is 2.17 bits per heavy atom. The molecule has 0 amide bonds. The van der Waals surface area contributed by atoms with Crippen LogP contribution in [0, 0.1) is 5.92 Å². The molecule has 1 rings (SSSR count). The molecule has 0 aromatic carbocycles. The van der Waals surface area contributed by atoms with E-state index in [1.165, 1.54) is 0 Å². The van der Waals surface area contributed by atoms with Crippen molar-refractivity contribution in [1.82, 2.24) is 9.62 Å². The van der Waals surface area contributed by atoms with E-state index in [-0.39, 0.29) is 5.25 Å². The zero-order chi connectivity index (χ0) is 13.6. The Bertz CT molecular complexity index is 320. The maximum atomic E-state index is 12.6.